The Kier molecular flexibility index (Phi) is 12.1. The van der Waals surface area contributed by atoms with Gasteiger partial charge in [0, 0.05) is 51.4 Å². The molecule has 2 aliphatic rings. The molecule has 0 bridgehead atoms. The molecule has 2 fully saturated rings. The second-order valence-corrected chi connectivity index (χ2v) is 7.80. The average molecular weight is 460 g/mol. The van der Waals surface area contributed by atoms with E-state index in [1.807, 2.05) is 17.0 Å². The Bertz CT molecular complexity index is 651. The maximum absolute atomic E-state index is 13.1. The molecule has 0 spiro atoms. The molecule has 3 rings (SSSR count). The Balaban J connectivity index is 0.00000225. The van der Waals surface area contributed by atoms with Crippen molar-refractivity contribution in [3.05, 3.63) is 23.9 Å². The SMILES string of the molecule is Cl.Cl.NCCC(=O)NCC1CCCCN1C(=O)c1ccc(N2CCCCCC2)nc1. The van der Waals surface area contributed by atoms with Crippen LogP contribution < -0.4 is 16.0 Å². The summed E-state index contributed by atoms with van der Waals surface area (Å²) in [5.41, 5.74) is 6.05. The number of amides is 2. The van der Waals surface area contributed by atoms with Crippen LogP contribution >= 0.6 is 24.8 Å². The van der Waals surface area contributed by atoms with Gasteiger partial charge in [-0.15, -0.1) is 24.8 Å². The summed E-state index contributed by atoms with van der Waals surface area (Å²) < 4.78 is 0. The van der Waals surface area contributed by atoms with Gasteiger partial charge in [-0.1, -0.05) is 12.8 Å². The number of pyridine rings is 1. The van der Waals surface area contributed by atoms with Gasteiger partial charge in [0.25, 0.3) is 5.91 Å². The number of carbonyl (C=O) groups excluding carboxylic acids is 2. The van der Waals surface area contributed by atoms with E-state index in [0.29, 0.717) is 25.1 Å². The Morgan fingerprint density at radius 2 is 1.73 bits per heavy atom. The lowest BCUT2D eigenvalue weighted by molar-refractivity contribution is -0.121. The number of nitrogens with two attached hydrogens (primary N) is 1. The van der Waals surface area contributed by atoms with Gasteiger partial charge < -0.3 is 20.9 Å². The third kappa shape index (κ3) is 7.29. The molecule has 7 nitrogen and oxygen atoms in total. The van der Waals surface area contributed by atoms with Gasteiger partial charge in [0.1, 0.15) is 5.82 Å². The zero-order valence-electron chi connectivity index (χ0n) is 17.6. The molecule has 0 aromatic carbocycles. The molecular formula is C21H35Cl2N5O2. The molecular weight excluding hydrogens is 425 g/mol. The molecule has 0 radical (unpaired) electrons. The first kappa shape index (κ1) is 26.5. The van der Waals surface area contributed by atoms with Crippen LogP contribution in [-0.4, -0.2) is 60.5 Å². The van der Waals surface area contributed by atoms with E-state index in [0.717, 1.165) is 44.7 Å². The molecule has 0 aliphatic carbocycles. The van der Waals surface area contributed by atoms with Crippen molar-refractivity contribution in [2.45, 2.75) is 57.4 Å². The highest BCUT2D eigenvalue weighted by atomic mass is 35.5. The summed E-state index contributed by atoms with van der Waals surface area (Å²) >= 11 is 0. The van der Waals surface area contributed by atoms with Gasteiger partial charge in [-0.3, -0.25) is 9.59 Å². The van der Waals surface area contributed by atoms with Crippen molar-refractivity contribution < 1.29 is 9.59 Å². The number of piperidine rings is 1. The van der Waals surface area contributed by atoms with E-state index in [4.69, 9.17) is 5.73 Å². The second-order valence-electron chi connectivity index (χ2n) is 7.80. The minimum atomic E-state index is -0.0519. The van der Waals surface area contributed by atoms with E-state index < -0.39 is 0 Å². The van der Waals surface area contributed by atoms with Gasteiger partial charge in [0.2, 0.25) is 5.91 Å². The molecule has 3 N–H and O–H groups in total. The number of halogens is 2. The Labute approximate surface area is 192 Å². The molecule has 1 aromatic rings. The third-order valence-electron chi connectivity index (χ3n) is 5.72. The van der Waals surface area contributed by atoms with Crippen LogP contribution in [0.5, 0.6) is 0 Å². The highest BCUT2D eigenvalue weighted by Crippen LogP contribution is 2.21. The summed E-state index contributed by atoms with van der Waals surface area (Å²) in [7, 11) is 0. The van der Waals surface area contributed by atoms with E-state index in [9.17, 15) is 9.59 Å². The van der Waals surface area contributed by atoms with Gasteiger partial charge in [0.15, 0.2) is 0 Å². The van der Waals surface area contributed by atoms with Crippen molar-refractivity contribution in [2.24, 2.45) is 5.73 Å². The second kappa shape index (κ2) is 13.7. The van der Waals surface area contributed by atoms with Crippen LogP contribution in [0.1, 0.15) is 61.7 Å². The Hall–Kier alpha value is -1.57. The highest BCUT2D eigenvalue weighted by Gasteiger charge is 2.28. The molecule has 1 aromatic heterocycles. The summed E-state index contributed by atoms with van der Waals surface area (Å²) in [4.78, 5) is 33.6. The first-order chi connectivity index (χ1) is 13.7. The van der Waals surface area contributed by atoms with Crippen LogP contribution in [-0.2, 0) is 4.79 Å². The zero-order chi connectivity index (χ0) is 19.8. The Morgan fingerprint density at radius 3 is 2.37 bits per heavy atom. The van der Waals surface area contributed by atoms with Crippen molar-refractivity contribution in [3.63, 3.8) is 0 Å². The molecule has 170 valence electrons. The smallest absolute Gasteiger partial charge is 0.255 e. The fourth-order valence-corrected chi connectivity index (χ4v) is 4.10. The standard InChI is InChI=1S/C21H33N5O2.2ClH/c22-11-10-20(27)24-16-18-7-3-6-14-26(18)21(28)17-8-9-19(23-15-17)25-12-4-1-2-5-13-25;;/h8-9,15,18H,1-7,10-14,16,22H2,(H,24,27);2*1H. The molecule has 1 unspecified atom stereocenters. The molecule has 2 amide bonds. The van der Waals surface area contributed by atoms with E-state index in [1.54, 1.807) is 6.20 Å². The molecule has 3 heterocycles. The van der Waals surface area contributed by atoms with Gasteiger partial charge in [0.05, 0.1) is 5.56 Å². The first-order valence-electron chi connectivity index (χ1n) is 10.7. The predicted molar refractivity (Wildman–Crippen MR) is 125 cm³/mol. The summed E-state index contributed by atoms with van der Waals surface area (Å²) in [6.45, 7) is 3.64. The first-order valence-corrected chi connectivity index (χ1v) is 10.7. The van der Waals surface area contributed by atoms with Gasteiger partial charge in [-0.25, -0.2) is 4.98 Å². The number of rotatable bonds is 6. The van der Waals surface area contributed by atoms with E-state index in [2.05, 4.69) is 15.2 Å². The topological polar surface area (TPSA) is 91.6 Å². The molecule has 2 saturated heterocycles. The van der Waals surface area contributed by atoms with Crippen LogP contribution in [0.3, 0.4) is 0 Å². The minimum Gasteiger partial charge on any atom is -0.357 e. The van der Waals surface area contributed by atoms with Crippen molar-refractivity contribution in [3.8, 4) is 0 Å². The maximum atomic E-state index is 13.1. The lowest BCUT2D eigenvalue weighted by atomic mass is 10.0. The number of hydrogen-bond acceptors (Lipinski definition) is 5. The largest absolute Gasteiger partial charge is 0.357 e. The average Bonchev–Trinajstić information content (AvgIpc) is 3.02. The summed E-state index contributed by atoms with van der Waals surface area (Å²) in [6, 6.07) is 3.91. The molecule has 0 saturated carbocycles. The van der Waals surface area contributed by atoms with Crippen LogP contribution in [0.2, 0.25) is 0 Å². The lowest BCUT2D eigenvalue weighted by Crippen LogP contribution is -2.49. The summed E-state index contributed by atoms with van der Waals surface area (Å²) in [5, 5.41) is 2.91. The number of nitrogens with one attached hydrogen (secondary N) is 1. The van der Waals surface area contributed by atoms with Crippen LogP contribution in [0.4, 0.5) is 5.82 Å². The van der Waals surface area contributed by atoms with Crippen LogP contribution in [0.25, 0.3) is 0 Å². The molecule has 9 heteroatoms. The normalized spacial score (nSPS) is 19.2. The highest BCUT2D eigenvalue weighted by molar-refractivity contribution is 5.94. The number of nitrogens with zero attached hydrogens (tertiary/aromatic N) is 3. The van der Waals surface area contributed by atoms with Crippen molar-refractivity contribution in [2.75, 3.05) is 37.6 Å². The van der Waals surface area contributed by atoms with E-state index in [-0.39, 0.29) is 42.7 Å². The van der Waals surface area contributed by atoms with Gasteiger partial charge in [-0.05, 0) is 44.2 Å². The van der Waals surface area contributed by atoms with E-state index in [1.165, 1.54) is 25.7 Å². The third-order valence-corrected chi connectivity index (χ3v) is 5.72. The number of carbonyl (C=O) groups is 2. The number of aromatic nitrogens is 1. The fourth-order valence-electron chi connectivity index (χ4n) is 4.10. The zero-order valence-corrected chi connectivity index (χ0v) is 19.2. The number of likely N-dealkylation sites (tertiary alicyclic amines) is 1. The maximum Gasteiger partial charge on any atom is 0.255 e. The van der Waals surface area contributed by atoms with Gasteiger partial charge in [-0.2, -0.15) is 0 Å². The quantitative estimate of drug-likeness (QED) is 0.681. The van der Waals surface area contributed by atoms with Crippen LogP contribution in [0, 0.1) is 0 Å². The molecule has 2 aliphatic heterocycles. The fraction of sp³-hybridized carbons (Fsp3) is 0.667. The molecule has 30 heavy (non-hydrogen) atoms. The van der Waals surface area contributed by atoms with Gasteiger partial charge >= 0.3 is 0 Å². The van der Waals surface area contributed by atoms with Crippen molar-refractivity contribution >= 4 is 42.4 Å². The lowest BCUT2D eigenvalue weighted by Gasteiger charge is -2.36. The minimum absolute atomic E-state index is 0. The van der Waals surface area contributed by atoms with Crippen molar-refractivity contribution in [1.29, 1.82) is 0 Å². The van der Waals surface area contributed by atoms with Crippen LogP contribution in [0.15, 0.2) is 18.3 Å². The Morgan fingerprint density at radius 1 is 1.03 bits per heavy atom. The summed E-state index contributed by atoms with van der Waals surface area (Å²) in [5.74, 6) is 0.916. The summed E-state index contributed by atoms with van der Waals surface area (Å²) in [6.07, 6.45) is 9.99. The molecule has 1 atom stereocenters. The van der Waals surface area contributed by atoms with Crippen molar-refractivity contribution in [1.82, 2.24) is 15.2 Å². The monoisotopic (exact) mass is 459 g/mol. The predicted octanol–water partition coefficient (Wildman–Crippen LogP) is 2.77. The number of anilines is 1. The number of hydrogen-bond donors (Lipinski definition) is 2. The van der Waals surface area contributed by atoms with E-state index >= 15 is 0 Å².